The summed E-state index contributed by atoms with van der Waals surface area (Å²) in [5.74, 6) is 0.683. The fraction of sp³-hybridized carbons (Fsp3) is 0.385. The lowest BCUT2D eigenvalue weighted by atomic mass is 10.1. The van der Waals surface area contributed by atoms with Gasteiger partial charge in [-0.25, -0.2) is 4.79 Å². The van der Waals surface area contributed by atoms with Crippen LogP contribution in [0.15, 0.2) is 24.3 Å². The van der Waals surface area contributed by atoms with Crippen molar-refractivity contribution in [3.05, 3.63) is 29.8 Å². The third kappa shape index (κ3) is 4.68. The van der Waals surface area contributed by atoms with E-state index in [2.05, 4.69) is 5.32 Å². The van der Waals surface area contributed by atoms with Gasteiger partial charge < -0.3 is 10.1 Å². The zero-order valence-corrected chi connectivity index (χ0v) is 10.3. The summed E-state index contributed by atoms with van der Waals surface area (Å²) >= 11 is 0. The highest BCUT2D eigenvalue weighted by Gasteiger charge is 2.06. The SMILES string of the molecule is CC(=O)c1cccc(OC(=O)NCC(C)C)c1. The summed E-state index contributed by atoms with van der Waals surface area (Å²) in [5, 5.41) is 2.63. The summed E-state index contributed by atoms with van der Waals surface area (Å²) < 4.78 is 5.05. The Morgan fingerprint density at radius 2 is 2.06 bits per heavy atom. The number of ketones is 1. The summed E-state index contributed by atoms with van der Waals surface area (Å²) in [7, 11) is 0. The molecule has 0 unspecified atom stereocenters. The highest BCUT2D eigenvalue weighted by Crippen LogP contribution is 2.13. The minimum atomic E-state index is -0.501. The van der Waals surface area contributed by atoms with Gasteiger partial charge in [-0.05, 0) is 25.0 Å². The molecule has 1 aromatic carbocycles. The van der Waals surface area contributed by atoms with Gasteiger partial charge in [0.25, 0.3) is 0 Å². The lowest BCUT2D eigenvalue weighted by Crippen LogP contribution is -2.30. The van der Waals surface area contributed by atoms with Crippen LogP contribution in [-0.2, 0) is 0 Å². The fourth-order valence-electron chi connectivity index (χ4n) is 1.21. The van der Waals surface area contributed by atoms with Gasteiger partial charge in [-0.3, -0.25) is 4.79 Å². The number of carbonyl (C=O) groups excluding carboxylic acids is 2. The summed E-state index contributed by atoms with van der Waals surface area (Å²) in [6.07, 6.45) is -0.501. The van der Waals surface area contributed by atoms with E-state index in [1.54, 1.807) is 24.3 Å². The fourth-order valence-corrected chi connectivity index (χ4v) is 1.21. The first-order valence-corrected chi connectivity index (χ1v) is 5.55. The van der Waals surface area contributed by atoms with Crippen LogP contribution >= 0.6 is 0 Å². The summed E-state index contributed by atoms with van der Waals surface area (Å²) in [4.78, 5) is 22.5. The molecular formula is C13H17NO3. The molecule has 0 aliphatic carbocycles. The van der Waals surface area contributed by atoms with Crippen LogP contribution in [0.5, 0.6) is 5.75 Å². The minimum Gasteiger partial charge on any atom is -0.410 e. The first-order valence-electron chi connectivity index (χ1n) is 5.55. The molecule has 0 bridgehead atoms. The molecule has 0 spiro atoms. The van der Waals surface area contributed by atoms with E-state index in [9.17, 15) is 9.59 Å². The highest BCUT2D eigenvalue weighted by molar-refractivity contribution is 5.94. The van der Waals surface area contributed by atoms with Gasteiger partial charge in [0.1, 0.15) is 5.75 Å². The predicted octanol–water partition coefficient (Wildman–Crippen LogP) is 2.63. The zero-order chi connectivity index (χ0) is 12.8. The Labute approximate surface area is 101 Å². The molecule has 0 aromatic heterocycles. The number of carbonyl (C=O) groups is 2. The van der Waals surface area contributed by atoms with Gasteiger partial charge in [0.05, 0.1) is 0 Å². The van der Waals surface area contributed by atoms with Crippen molar-refractivity contribution in [1.29, 1.82) is 0 Å². The number of hydrogen-bond acceptors (Lipinski definition) is 3. The standard InChI is InChI=1S/C13H17NO3/c1-9(2)8-14-13(16)17-12-6-4-5-11(7-12)10(3)15/h4-7,9H,8H2,1-3H3,(H,14,16). The van der Waals surface area contributed by atoms with Crippen molar-refractivity contribution in [2.45, 2.75) is 20.8 Å². The molecule has 4 nitrogen and oxygen atoms in total. The third-order valence-corrected chi connectivity index (χ3v) is 2.11. The molecule has 0 heterocycles. The van der Waals surface area contributed by atoms with Crippen molar-refractivity contribution in [3.63, 3.8) is 0 Å². The molecule has 0 aliphatic heterocycles. The van der Waals surface area contributed by atoms with E-state index in [4.69, 9.17) is 4.74 Å². The topological polar surface area (TPSA) is 55.4 Å². The highest BCUT2D eigenvalue weighted by atomic mass is 16.6. The number of Topliss-reactive ketones (excluding diaryl/α,β-unsaturated/α-hetero) is 1. The number of benzene rings is 1. The monoisotopic (exact) mass is 235 g/mol. The maximum absolute atomic E-state index is 11.4. The molecule has 0 saturated carbocycles. The van der Waals surface area contributed by atoms with Crippen molar-refractivity contribution in [3.8, 4) is 5.75 Å². The van der Waals surface area contributed by atoms with E-state index in [0.29, 0.717) is 23.8 Å². The van der Waals surface area contributed by atoms with Crippen molar-refractivity contribution in [2.24, 2.45) is 5.92 Å². The zero-order valence-electron chi connectivity index (χ0n) is 10.3. The molecule has 0 atom stereocenters. The molecular weight excluding hydrogens is 218 g/mol. The van der Waals surface area contributed by atoms with E-state index >= 15 is 0 Å². The van der Waals surface area contributed by atoms with Gasteiger partial charge >= 0.3 is 6.09 Å². The van der Waals surface area contributed by atoms with Crippen LogP contribution in [0.2, 0.25) is 0 Å². The second-order valence-corrected chi connectivity index (χ2v) is 4.25. The number of rotatable bonds is 4. The van der Waals surface area contributed by atoms with E-state index in [1.165, 1.54) is 6.92 Å². The summed E-state index contributed by atoms with van der Waals surface area (Å²) in [6.45, 7) is 6.02. The molecule has 92 valence electrons. The molecule has 0 saturated heterocycles. The number of amides is 1. The van der Waals surface area contributed by atoms with Gasteiger partial charge in [-0.1, -0.05) is 26.0 Å². The maximum Gasteiger partial charge on any atom is 0.412 e. The third-order valence-electron chi connectivity index (χ3n) is 2.11. The van der Waals surface area contributed by atoms with Gasteiger partial charge in [0.15, 0.2) is 5.78 Å². The van der Waals surface area contributed by atoms with Crippen molar-refractivity contribution < 1.29 is 14.3 Å². The normalized spacial score (nSPS) is 10.1. The van der Waals surface area contributed by atoms with Gasteiger partial charge in [-0.2, -0.15) is 0 Å². The Kier molecular flexibility index (Phi) is 4.69. The van der Waals surface area contributed by atoms with Gasteiger partial charge in [0, 0.05) is 12.1 Å². The van der Waals surface area contributed by atoms with E-state index < -0.39 is 6.09 Å². The predicted molar refractivity (Wildman–Crippen MR) is 65.3 cm³/mol. The largest absolute Gasteiger partial charge is 0.412 e. The molecule has 0 aliphatic rings. The van der Waals surface area contributed by atoms with Crippen LogP contribution in [0.3, 0.4) is 0 Å². The molecule has 1 N–H and O–H groups in total. The minimum absolute atomic E-state index is 0.0574. The number of nitrogens with one attached hydrogen (secondary N) is 1. The Morgan fingerprint density at radius 1 is 1.35 bits per heavy atom. The molecule has 1 aromatic rings. The van der Waals surface area contributed by atoms with Crippen LogP contribution in [-0.4, -0.2) is 18.4 Å². The van der Waals surface area contributed by atoms with Crippen molar-refractivity contribution in [1.82, 2.24) is 5.32 Å². The molecule has 1 rings (SSSR count). The van der Waals surface area contributed by atoms with E-state index in [-0.39, 0.29) is 5.78 Å². The second kappa shape index (κ2) is 6.03. The van der Waals surface area contributed by atoms with Gasteiger partial charge in [-0.15, -0.1) is 0 Å². The average Bonchev–Trinajstić information content (AvgIpc) is 2.26. The van der Waals surface area contributed by atoms with Crippen LogP contribution in [0.1, 0.15) is 31.1 Å². The Morgan fingerprint density at radius 3 is 2.65 bits per heavy atom. The first kappa shape index (κ1) is 13.2. The summed E-state index contributed by atoms with van der Waals surface area (Å²) in [5.41, 5.74) is 0.527. The van der Waals surface area contributed by atoms with Crippen LogP contribution in [0, 0.1) is 5.92 Å². The lowest BCUT2D eigenvalue weighted by Gasteiger charge is -2.08. The van der Waals surface area contributed by atoms with Crippen LogP contribution in [0.25, 0.3) is 0 Å². The Bertz CT molecular complexity index is 413. The smallest absolute Gasteiger partial charge is 0.410 e. The quantitative estimate of drug-likeness (QED) is 0.816. The molecule has 0 fully saturated rings. The van der Waals surface area contributed by atoms with E-state index in [1.807, 2.05) is 13.8 Å². The lowest BCUT2D eigenvalue weighted by molar-refractivity contribution is 0.101. The average molecular weight is 235 g/mol. The van der Waals surface area contributed by atoms with Crippen molar-refractivity contribution >= 4 is 11.9 Å². The Balaban J connectivity index is 2.59. The number of hydrogen-bond donors (Lipinski definition) is 1. The van der Waals surface area contributed by atoms with Gasteiger partial charge in [0.2, 0.25) is 0 Å². The van der Waals surface area contributed by atoms with E-state index in [0.717, 1.165) is 0 Å². The van der Waals surface area contributed by atoms with Crippen LogP contribution < -0.4 is 10.1 Å². The first-order chi connectivity index (χ1) is 7.99. The molecule has 0 radical (unpaired) electrons. The maximum atomic E-state index is 11.4. The molecule has 1 amide bonds. The van der Waals surface area contributed by atoms with Crippen molar-refractivity contribution in [2.75, 3.05) is 6.54 Å². The summed E-state index contributed by atoms with van der Waals surface area (Å²) in [6, 6.07) is 6.56. The molecule has 4 heteroatoms. The van der Waals surface area contributed by atoms with Crippen LogP contribution in [0.4, 0.5) is 4.79 Å². The number of ether oxygens (including phenoxy) is 1. The molecule has 17 heavy (non-hydrogen) atoms. The Hall–Kier alpha value is -1.84. The second-order valence-electron chi connectivity index (χ2n) is 4.25.